The summed E-state index contributed by atoms with van der Waals surface area (Å²) in [6, 6.07) is -0.401. The Morgan fingerprint density at radius 1 is 1.69 bits per heavy atom. The molecule has 0 aromatic carbocycles. The summed E-state index contributed by atoms with van der Waals surface area (Å²) < 4.78 is 0. The second kappa shape index (κ2) is 4.37. The molecule has 1 saturated heterocycles. The zero-order valence-corrected chi connectivity index (χ0v) is 8.12. The van der Waals surface area contributed by atoms with E-state index in [0.29, 0.717) is 0 Å². The van der Waals surface area contributed by atoms with Gasteiger partial charge in [-0.25, -0.2) is 0 Å². The van der Waals surface area contributed by atoms with Crippen molar-refractivity contribution in [3.05, 3.63) is 0 Å². The number of hydrogen-bond donors (Lipinski definition) is 1. The van der Waals surface area contributed by atoms with Gasteiger partial charge in [0.1, 0.15) is 6.29 Å². The number of carbonyl (C=O) groups is 2. The Balaban J connectivity index is 2.50. The van der Waals surface area contributed by atoms with Crippen molar-refractivity contribution in [2.45, 2.75) is 31.8 Å². The van der Waals surface area contributed by atoms with Crippen molar-refractivity contribution in [1.82, 2.24) is 10.2 Å². The minimum absolute atomic E-state index is 0.0251. The minimum atomic E-state index is -0.324. The zero-order valence-electron chi connectivity index (χ0n) is 8.12. The molecule has 1 aliphatic rings. The van der Waals surface area contributed by atoms with Crippen LogP contribution in [0.25, 0.3) is 0 Å². The third kappa shape index (κ3) is 2.28. The van der Waals surface area contributed by atoms with Crippen molar-refractivity contribution in [2.24, 2.45) is 0 Å². The number of nitrogens with zero attached hydrogens (tertiary/aromatic N) is 1. The van der Waals surface area contributed by atoms with Gasteiger partial charge < -0.3 is 15.0 Å². The maximum absolute atomic E-state index is 11.7. The highest BCUT2D eigenvalue weighted by molar-refractivity contribution is 5.84. The molecule has 2 unspecified atom stereocenters. The van der Waals surface area contributed by atoms with E-state index in [9.17, 15) is 9.59 Å². The van der Waals surface area contributed by atoms with Gasteiger partial charge in [-0.1, -0.05) is 0 Å². The predicted molar refractivity (Wildman–Crippen MR) is 49.3 cm³/mol. The number of aldehydes is 1. The van der Waals surface area contributed by atoms with Crippen LogP contribution in [0.4, 0.5) is 0 Å². The lowest BCUT2D eigenvalue weighted by Gasteiger charge is -2.23. The summed E-state index contributed by atoms with van der Waals surface area (Å²) in [5.41, 5.74) is 0. The average molecular weight is 184 g/mol. The van der Waals surface area contributed by atoms with Crippen molar-refractivity contribution in [2.75, 3.05) is 13.6 Å². The monoisotopic (exact) mass is 184 g/mol. The highest BCUT2D eigenvalue weighted by atomic mass is 16.2. The predicted octanol–water partition coefficient (Wildman–Crippen LogP) is -0.216. The Morgan fingerprint density at radius 3 is 2.85 bits per heavy atom. The minimum Gasteiger partial charge on any atom is -0.335 e. The second-order valence-electron chi connectivity index (χ2n) is 3.47. The van der Waals surface area contributed by atoms with Crippen molar-refractivity contribution in [1.29, 1.82) is 0 Å². The second-order valence-corrected chi connectivity index (χ2v) is 3.47. The molecular weight excluding hydrogens is 168 g/mol. The van der Waals surface area contributed by atoms with Crippen LogP contribution in [0.1, 0.15) is 19.8 Å². The van der Waals surface area contributed by atoms with Gasteiger partial charge in [0.15, 0.2) is 0 Å². The highest BCUT2D eigenvalue weighted by Gasteiger charge is 2.26. The van der Waals surface area contributed by atoms with E-state index in [2.05, 4.69) is 5.32 Å². The standard InChI is InChI=1S/C9H16N2O2/c1-7(6-12)11(2)9(13)8-4-3-5-10-8/h6-8,10H,3-5H2,1-2H3. The molecule has 0 spiro atoms. The van der Waals surface area contributed by atoms with Crippen LogP contribution >= 0.6 is 0 Å². The smallest absolute Gasteiger partial charge is 0.240 e. The van der Waals surface area contributed by atoms with Crippen LogP contribution in [0.15, 0.2) is 0 Å². The lowest BCUT2D eigenvalue weighted by atomic mass is 10.2. The lowest BCUT2D eigenvalue weighted by molar-refractivity contribution is -0.135. The summed E-state index contributed by atoms with van der Waals surface area (Å²) in [4.78, 5) is 23.6. The number of carbonyl (C=O) groups excluding carboxylic acids is 2. The molecule has 0 saturated carbocycles. The maximum atomic E-state index is 11.7. The molecule has 1 aliphatic heterocycles. The summed E-state index contributed by atoms with van der Waals surface area (Å²) in [7, 11) is 1.67. The van der Waals surface area contributed by atoms with Crippen LogP contribution in [0.5, 0.6) is 0 Å². The molecule has 0 aromatic rings. The summed E-state index contributed by atoms with van der Waals surface area (Å²) in [6.45, 7) is 2.62. The van der Waals surface area contributed by atoms with E-state index >= 15 is 0 Å². The Kier molecular flexibility index (Phi) is 3.42. The number of amides is 1. The summed E-state index contributed by atoms with van der Waals surface area (Å²) in [6.07, 6.45) is 2.71. The fourth-order valence-electron chi connectivity index (χ4n) is 1.43. The van der Waals surface area contributed by atoms with Crippen LogP contribution < -0.4 is 5.32 Å². The molecule has 13 heavy (non-hydrogen) atoms. The molecule has 74 valence electrons. The first kappa shape index (κ1) is 10.2. The SMILES string of the molecule is CC(C=O)N(C)C(=O)C1CCCN1. The van der Waals surface area contributed by atoms with Gasteiger partial charge in [0, 0.05) is 7.05 Å². The van der Waals surface area contributed by atoms with Gasteiger partial charge in [0.2, 0.25) is 5.91 Å². The lowest BCUT2D eigenvalue weighted by Crippen LogP contribution is -2.45. The molecule has 2 atom stereocenters. The third-order valence-electron chi connectivity index (χ3n) is 2.51. The normalized spacial score (nSPS) is 24.0. The first-order valence-electron chi connectivity index (χ1n) is 4.62. The van der Waals surface area contributed by atoms with E-state index in [4.69, 9.17) is 0 Å². The first-order chi connectivity index (χ1) is 6.16. The number of likely N-dealkylation sites (N-methyl/N-ethyl adjacent to an activating group) is 1. The molecule has 0 aliphatic carbocycles. The van der Waals surface area contributed by atoms with Crippen LogP contribution in [0.2, 0.25) is 0 Å². The van der Waals surface area contributed by atoms with Crippen molar-refractivity contribution in [3.8, 4) is 0 Å². The average Bonchev–Trinajstić information content (AvgIpc) is 2.67. The quantitative estimate of drug-likeness (QED) is 0.617. The molecule has 0 radical (unpaired) electrons. The van der Waals surface area contributed by atoms with E-state index in [-0.39, 0.29) is 18.0 Å². The van der Waals surface area contributed by atoms with Crippen molar-refractivity contribution < 1.29 is 9.59 Å². The molecule has 4 heteroatoms. The van der Waals surface area contributed by atoms with Crippen LogP contribution in [0, 0.1) is 0 Å². The van der Waals surface area contributed by atoms with Gasteiger partial charge in [-0.15, -0.1) is 0 Å². The van der Waals surface area contributed by atoms with E-state index in [0.717, 1.165) is 25.7 Å². The van der Waals surface area contributed by atoms with E-state index in [1.54, 1.807) is 14.0 Å². The summed E-state index contributed by atoms with van der Waals surface area (Å²) in [5, 5.41) is 3.11. The Labute approximate surface area is 78.3 Å². The fraction of sp³-hybridized carbons (Fsp3) is 0.778. The zero-order chi connectivity index (χ0) is 9.84. The molecule has 1 amide bonds. The van der Waals surface area contributed by atoms with Crippen LogP contribution in [-0.2, 0) is 9.59 Å². The van der Waals surface area contributed by atoms with E-state index in [1.807, 2.05) is 0 Å². The molecule has 0 aromatic heterocycles. The van der Waals surface area contributed by atoms with Gasteiger partial charge in [0.05, 0.1) is 12.1 Å². The van der Waals surface area contributed by atoms with Crippen LogP contribution in [0.3, 0.4) is 0 Å². The van der Waals surface area contributed by atoms with Gasteiger partial charge in [0.25, 0.3) is 0 Å². The summed E-state index contributed by atoms with van der Waals surface area (Å²) in [5.74, 6) is 0.0251. The Morgan fingerprint density at radius 2 is 2.38 bits per heavy atom. The van der Waals surface area contributed by atoms with Gasteiger partial charge in [-0.3, -0.25) is 4.79 Å². The largest absolute Gasteiger partial charge is 0.335 e. The molecular formula is C9H16N2O2. The third-order valence-corrected chi connectivity index (χ3v) is 2.51. The topological polar surface area (TPSA) is 49.4 Å². The van der Waals surface area contributed by atoms with Gasteiger partial charge in [-0.05, 0) is 26.3 Å². The molecule has 1 fully saturated rings. The Hall–Kier alpha value is -0.900. The molecule has 1 heterocycles. The Bertz CT molecular complexity index is 200. The van der Waals surface area contributed by atoms with Gasteiger partial charge in [-0.2, -0.15) is 0 Å². The number of hydrogen-bond acceptors (Lipinski definition) is 3. The molecule has 4 nitrogen and oxygen atoms in total. The summed E-state index contributed by atoms with van der Waals surface area (Å²) >= 11 is 0. The van der Waals surface area contributed by atoms with Crippen molar-refractivity contribution >= 4 is 12.2 Å². The fourth-order valence-corrected chi connectivity index (χ4v) is 1.43. The van der Waals surface area contributed by atoms with E-state index in [1.165, 1.54) is 4.90 Å². The molecule has 0 bridgehead atoms. The first-order valence-corrected chi connectivity index (χ1v) is 4.62. The number of rotatable bonds is 3. The van der Waals surface area contributed by atoms with Crippen LogP contribution in [-0.4, -0.2) is 42.8 Å². The number of nitrogens with one attached hydrogen (secondary N) is 1. The maximum Gasteiger partial charge on any atom is 0.240 e. The molecule has 1 rings (SSSR count). The highest BCUT2D eigenvalue weighted by Crippen LogP contribution is 2.08. The molecule has 1 N–H and O–H groups in total. The van der Waals surface area contributed by atoms with Gasteiger partial charge >= 0.3 is 0 Å². The van der Waals surface area contributed by atoms with Crippen molar-refractivity contribution in [3.63, 3.8) is 0 Å². The van der Waals surface area contributed by atoms with E-state index < -0.39 is 0 Å².